The number of piperidine rings is 1. The Hall–Kier alpha value is -1.73. The normalized spacial score (nSPS) is 18.6. The minimum Gasteiger partial charge on any atom is -0.339 e. The van der Waals surface area contributed by atoms with Crippen LogP contribution in [-0.2, 0) is 4.79 Å². The molecule has 2 aliphatic heterocycles. The second-order valence-corrected chi connectivity index (χ2v) is 6.27. The van der Waals surface area contributed by atoms with E-state index >= 15 is 0 Å². The molecule has 0 saturated carbocycles. The first-order valence-electron chi connectivity index (χ1n) is 8.30. The zero-order valence-corrected chi connectivity index (χ0v) is 14.7. The summed E-state index contributed by atoms with van der Waals surface area (Å²) in [6, 6.07) is 2.96. The molecular weight excluding hydrogens is 352 g/mol. The highest BCUT2D eigenvalue weighted by molar-refractivity contribution is 5.94. The molecule has 0 spiro atoms. The van der Waals surface area contributed by atoms with Crippen LogP contribution < -0.4 is 5.32 Å². The van der Waals surface area contributed by atoms with Gasteiger partial charge < -0.3 is 15.1 Å². The summed E-state index contributed by atoms with van der Waals surface area (Å²) in [4.78, 5) is 28.2. The van der Waals surface area contributed by atoms with Crippen LogP contribution in [0.5, 0.6) is 0 Å². The van der Waals surface area contributed by atoms with Gasteiger partial charge in [-0.05, 0) is 38.1 Å². The van der Waals surface area contributed by atoms with Gasteiger partial charge in [0.25, 0.3) is 5.91 Å². The van der Waals surface area contributed by atoms with Gasteiger partial charge in [0, 0.05) is 38.2 Å². The minimum absolute atomic E-state index is 0. The van der Waals surface area contributed by atoms with Crippen molar-refractivity contribution >= 4 is 24.2 Å². The van der Waals surface area contributed by atoms with E-state index in [1.165, 1.54) is 11.0 Å². The zero-order valence-electron chi connectivity index (χ0n) is 13.8. The predicted molar refractivity (Wildman–Crippen MR) is 91.7 cm³/mol. The Morgan fingerprint density at radius 2 is 1.60 bits per heavy atom. The maximum absolute atomic E-state index is 13.7. The molecular formula is C17H22ClF2N3O2. The lowest BCUT2D eigenvalue weighted by atomic mass is 9.96. The van der Waals surface area contributed by atoms with Gasteiger partial charge in [-0.25, -0.2) is 8.78 Å². The zero-order chi connectivity index (χ0) is 17.1. The van der Waals surface area contributed by atoms with Gasteiger partial charge in [-0.15, -0.1) is 12.4 Å². The molecule has 1 aromatic rings. The van der Waals surface area contributed by atoms with Crippen molar-refractivity contribution in [3.05, 3.63) is 35.4 Å². The SMILES string of the molecule is Cl.O=C(c1ccc(F)cc1F)N1CCN(C(=O)C2CCNCC2)CC1. The molecule has 0 aliphatic carbocycles. The predicted octanol–water partition coefficient (Wildman–Crippen LogP) is 1.67. The van der Waals surface area contributed by atoms with E-state index in [-0.39, 0.29) is 29.8 Å². The van der Waals surface area contributed by atoms with Crippen molar-refractivity contribution < 1.29 is 18.4 Å². The summed E-state index contributed by atoms with van der Waals surface area (Å²) in [7, 11) is 0. The fourth-order valence-corrected chi connectivity index (χ4v) is 3.29. The van der Waals surface area contributed by atoms with Gasteiger partial charge in [0.2, 0.25) is 5.91 Å². The molecule has 2 aliphatic rings. The number of nitrogens with one attached hydrogen (secondary N) is 1. The van der Waals surface area contributed by atoms with Crippen LogP contribution in [-0.4, -0.2) is 60.9 Å². The van der Waals surface area contributed by atoms with E-state index in [0.717, 1.165) is 32.0 Å². The summed E-state index contributed by atoms with van der Waals surface area (Å²) < 4.78 is 26.7. The Balaban J connectivity index is 0.00000225. The molecule has 0 radical (unpaired) electrons. The average molecular weight is 374 g/mol. The summed E-state index contributed by atoms with van der Waals surface area (Å²) in [5, 5.41) is 3.24. The molecule has 2 fully saturated rings. The van der Waals surface area contributed by atoms with Gasteiger partial charge >= 0.3 is 0 Å². The Bertz CT molecular complexity index is 630. The molecule has 0 unspecified atom stereocenters. The van der Waals surface area contributed by atoms with Crippen LogP contribution >= 0.6 is 12.4 Å². The highest BCUT2D eigenvalue weighted by atomic mass is 35.5. The molecule has 0 atom stereocenters. The molecule has 2 heterocycles. The van der Waals surface area contributed by atoms with Crippen LogP contribution in [0.1, 0.15) is 23.2 Å². The Morgan fingerprint density at radius 1 is 1.00 bits per heavy atom. The standard InChI is InChI=1S/C17H21F2N3O2.ClH/c18-13-1-2-14(15(19)11-13)17(24)22-9-7-21(8-10-22)16(23)12-3-5-20-6-4-12;/h1-2,11-12,20H,3-10H2;1H. The van der Waals surface area contributed by atoms with E-state index in [1.807, 2.05) is 0 Å². The van der Waals surface area contributed by atoms with Gasteiger partial charge in [0.1, 0.15) is 11.6 Å². The largest absolute Gasteiger partial charge is 0.339 e. The summed E-state index contributed by atoms with van der Waals surface area (Å²) >= 11 is 0. The van der Waals surface area contributed by atoms with Gasteiger partial charge in [-0.2, -0.15) is 0 Å². The number of hydrogen-bond donors (Lipinski definition) is 1. The van der Waals surface area contributed by atoms with Crippen LogP contribution in [0.4, 0.5) is 8.78 Å². The first kappa shape index (κ1) is 19.6. The van der Waals surface area contributed by atoms with Crippen LogP contribution in [0.15, 0.2) is 18.2 Å². The Kier molecular flexibility index (Phi) is 6.72. The average Bonchev–Trinajstić information content (AvgIpc) is 2.61. The monoisotopic (exact) mass is 373 g/mol. The lowest BCUT2D eigenvalue weighted by Gasteiger charge is -2.37. The fraction of sp³-hybridized carbons (Fsp3) is 0.529. The summed E-state index contributed by atoms with van der Waals surface area (Å²) in [6.07, 6.45) is 1.69. The van der Waals surface area contributed by atoms with Gasteiger partial charge in [0.05, 0.1) is 5.56 Å². The molecule has 0 bridgehead atoms. The van der Waals surface area contributed by atoms with E-state index in [0.29, 0.717) is 32.2 Å². The molecule has 25 heavy (non-hydrogen) atoms. The van der Waals surface area contributed by atoms with Crippen LogP contribution in [0.25, 0.3) is 0 Å². The van der Waals surface area contributed by atoms with Gasteiger partial charge in [0.15, 0.2) is 0 Å². The first-order valence-corrected chi connectivity index (χ1v) is 8.30. The van der Waals surface area contributed by atoms with Crippen LogP contribution in [0.2, 0.25) is 0 Å². The lowest BCUT2D eigenvalue weighted by Crippen LogP contribution is -2.52. The van der Waals surface area contributed by atoms with E-state index in [1.54, 1.807) is 4.90 Å². The number of amides is 2. The third-order valence-corrected chi connectivity index (χ3v) is 4.73. The topological polar surface area (TPSA) is 52.7 Å². The first-order chi connectivity index (χ1) is 11.6. The van der Waals surface area contributed by atoms with Gasteiger partial charge in [-0.1, -0.05) is 0 Å². The minimum atomic E-state index is -0.854. The number of nitrogens with zero attached hydrogens (tertiary/aromatic N) is 2. The maximum Gasteiger partial charge on any atom is 0.256 e. The Morgan fingerprint density at radius 3 is 2.20 bits per heavy atom. The number of hydrogen-bond acceptors (Lipinski definition) is 3. The third-order valence-electron chi connectivity index (χ3n) is 4.73. The van der Waals surface area contributed by atoms with Crippen molar-refractivity contribution in [1.82, 2.24) is 15.1 Å². The highest BCUT2D eigenvalue weighted by Gasteiger charge is 2.30. The van der Waals surface area contributed by atoms with Crippen molar-refractivity contribution in [2.75, 3.05) is 39.3 Å². The second kappa shape index (κ2) is 8.58. The number of piperazine rings is 1. The quantitative estimate of drug-likeness (QED) is 0.858. The maximum atomic E-state index is 13.7. The molecule has 2 saturated heterocycles. The molecule has 8 heteroatoms. The molecule has 2 amide bonds. The number of carbonyl (C=O) groups is 2. The van der Waals surface area contributed by atoms with E-state index in [2.05, 4.69) is 5.32 Å². The summed E-state index contributed by atoms with van der Waals surface area (Å²) in [6.45, 7) is 3.37. The fourth-order valence-electron chi connectivity index (χ4n) is 3.29. The van der Waals surface area contributed by atoms with Gasteiger partial charge in [-0.3, -0.25) is 9.59 Å². The molecule has 5 nitrogen and oxygen atoms in total. The van der Waals surface area contributed by atoms with Crippen molar-refractivity contribution in [3.63, 3.8) is 0 Å². The third kappa shape index (κ3) is 4.46. The van der Waals surface area contributed by atoms with E-state index < -0.39 is 17.5 Å². The number of rotatable bonds is 2. The molecule has 0 aromatic heterocycles. The van der Waals surface area contributed by atoms with Crippen LogP contribution in [0.3, 0.4) is 0 Å². The molecule has 1 N–H and O–H groups in total. The van der Waals surface area contributed by atoms with E-state index in [9.17, 15) is 18.4 Å². The number of halogens is 3. The highest BCUT2D eigenvalue weighted by Crippen LogP contribution is 2.18. The lowest BCUT2D eigenvalue weighted by molar-refractivity contribution is -0.137. The molecule has 3 rings (SSSR count). The van der Waals surface area contributed by atoms with Crippen molar-refractivity contribution in [1.29, 1.82) is 0 Å². The molecule has 1 aromatic carbocycles. The number of carbonyl (C=O) groups excluding carboxylic acids is 2. The van der Waals surface area contributed by atoms with Crippen LogP contribution in [0, 0.1) is 17.6 Å². The smallest absolute Gasteiger partial charge is 0.256 e. The summed E-state index contributed by atoms with van der Waals surface area (Å²) in [5.41, 5.74) is -0.130. The number of benzene rings is 1. The summed E-state index contributed by atoms with van der Waals surface area (Å²) in [5.74, 6) is -1.81. The molecule has 138 valence electrons. The second-order valence-electron chi connectivity index (χ2n) is 6.27. The van der Waals surface area contributed by atoms with Crippen molar-refractivity contribution in [3.8, 4) is 0 Å². The van der Waals surface area contributed by atoms with E-state index in [4.69, 9.17) is 0 Å². The Labute approximate surface area is 151 Å². The van der Waals surface area contributed by atoms with Crippen molar-refractivity contribution in [2.24, 2.45) is 5.92 Å². The van der Waals surface area contributed by atoms with Crippen molar-refractivity contribution in [2.45, 2.75) is 12.8 Å².